The van der Waals surface area contributed by atoms with Gasteiger partial charge in [-0.05, 0) is 11.6 Å². The number of hydrogen-bond donors (Lipinski definition) is 5. The molecule has 0 aliphatic carbocycles. The predicted octanol–water partition coefficient (Wildman–Crippen LogP) is -1.29. The summed E-state index contributed by atoms with van der Waals surface area (Å²) in [6, 6.07) is 0. The SMILES string of the molecule is COc1nc(Cl)nc2c1ncn2[C@@H]1O[C@H](COC(C(=O)O)P(=O)(O)O)[C@H](O)[C@H]1O. The summed E-state index contributed by atoms with van der Waals surface area (Å²) in [7, 11) is -3.77. The topological polar surface area (TPSA) is 207 Å². The number of ether oxygens (including phenoxy) is 3. The first kappa shape index (κ1) is 21.8. The van der Waals surface area contributed by atoms with Crippen molar-refractivity contribution in [2.45, 2.75) is 30.4 Å². The Morgan fingerprint density at radius 1 is 1.38 bits per heavy atom. The number of carboxylic acid groups (broad SMARTS) is 1. The van der Waals surface area contributed by atoms with E-state index in [1.807, 2.05) is 0 Å². The summed E-state index contributed by atoms with van der Waals surface area (Å²) in [5, 5.41) is 29.2. The summed E-state index contributed by atoms with van der Waals surface area (Å²) < 4.78 is 27.7. The second kappa shape index (κ2) is 8.08. The molecule has 3 rings (SSSR count). The molecule has 0 bridgehead atoms. The van der Waals surface area contributed by atoms with Crippen LogP contribution in [-0.4, -0.2) is 88.5 Å². The Bertz CT molecular complexity index is 966. The number of carboxylic acids is 1. The Morgan fingerprint density at radius 3 is 2.66 bits per heavy atom. The van der Waals surface area contributed by atoms with E-state index >= 15 is 0 Å². The molecule has 1 aliphatic rings. The first-order valence-electron chi connectivity index (χ1n) is 7.90. The number of imidazole rings is 1. The smallest absolute Gasteiger partial charge is 0.365 e. The van der Waals surface area contributed by atoms with Gasteiger partial charge in [-0.3, -0.25) is 9.13 Å². The quantitative estimate of drug-likeness (QED) is 0.244. The first-order valence-corrected chi connectivity index (χ1v) is 9.95. The minimum absolute atomic E-state index is 0.0672. The van der Waals surface area contributed by atoms with Gasteiger partial charge in [0.1, 0.15) is 18.3 Å². The summed E-state index contributed by atoms with van der Waals surface area (Å²) in [6.07, 6.45) is -4.41. The van der Waals surface area contributed by atoms with Gasteiger partial charge in [-0.2, -0.15) is 9.97 Å². The fourth-order valence-corrected chi connectivity index (χ4v) is 3.51. The van der Waals surface area contributed by atoms with Gasteiger partial charge in [0.15, 0.2) is 17.4 Å². The fourth-order valence-electron chi connectivity index (χ4n) is 2.79. The van der Waals surface area contributed by atoms with Crippen LogP contribution in [0.3, 0.4) is 0 Å². The number of aliphatic hydroxyl groups is 2. The van der Waals surface area contributed by atoms with Gasteiger partial charge < -0.3 is 39.3 Å². The molecule has 1 fully saturated rings. The van der Waals surface area contributed by atoms with Gasteiger partial charge in [0, 0.05) is 0 Å². The molecular formula is C13H16ClN4O10P. The van der Waals surface area contributed by atoms with E-state index in [-0.39, 0.29) is 22.3 Å². The van der Waals surface area contributed by atoms with Crippen molar-refractivity contribution in [1.82, 2.24) is 19.5 Å². The third-order valence-corrected chi connectivity index (χ3v) is 5.25. The molecule has 0 amide bonds. The lowest BCUT2D eigenvalue weighted by atomic mass is 10.1. The van der Waals surface area contributed by atoms with Crippen LogP contribution in [0.1, 0.15) is 6.23 Å². The maximum absolute atomic E-state index is 11.2. The predicted molar refractivity (Wildman–Crippen MR) is 92.2 cm³/mol. The van der Waals surface area contributed by atoms with Crippen molar-refractivity contribution < 1.29 is 48.7 Å². The van der Waals surface area contributed by atoms with E-state index in [0.717, 1.165) is 0 Å². The highest BCUT2D eigenvalue weighted by Gasteiger charge is 2.46. The largest absolute Gasteiger partial charge is 0.479 e. The van der Waals surface area contributed by atoms with Crippen molar-refractivity contribution in [3.05, 3.63) is 11.6 Å². The number of fused-ring (bicyclic) bond motifs is 1. The Kier molecular flexibility index (Phi) is 6.08. The third-order valence-electron chi connectivity index (χ3n) is 4.10. The van der Waals surface area contributed by atoms with Crippen LogP contribution in [-0.2, 0) is 18.8 Å². The highest BCUT2D eigenvalue weighted by Crippen LogP contribution is 2.42. The Balaban J connectivity index is 1.83. The fraction of sp³-hybridized carbons (Fsp3) is 0.538. The zero-order chi connectivity index (χ0) is 21.5. The maximum Gasteiger partial charge on any atom is 0.365 e. The molecule has 5 N–H and O–H groups in total. The average molecular weight is 455 g/mol. The lowest BCUT2D eigenvalue weighted by molar-refractivity contribution is -0.149. The van der Waals surface area contributed by atoms with Crippen molar-refractivity contribution in [3.63, 3.8) is 0 Å². The zero-order valence-electron chi connectivity index (χ0n) is 14.6. The average Bonchev–Trinajstić information content (AvgIpc) is 3.15. The van der Waals surface area contributed by atoms with E-state index in [2.05, 4.69) is 15.0 Å². The number of carbonyl (C=O) groups is 1. The van der Waals surface area contributed by atoms with Crippen LogP contribution in [0, 0.1) is 0 Å². The van der Waals surface area contributed by atoms with Crippen molar-refractivity contribution in [2.24, 2.45) is 0 Å². The van der Waals surface area contributed by atoms with Gasteiger partial charge in [0.25, 0.3) is 5.85 Å². The Labute approximate surface area is 166 Å². The number of hydrogen-bond acceptors (Lipinski definition) is 10. The minimum Gasteiger partial charge on any atom is -0.479 e. The van der Waals surface area contributed by atoms with Gasteiger partial charge in [0.2, 0.25) is 11.2 Å². The number of halogens is 1. The molecule has 14 nitrogen and oxygen atoms in total. The number of aliphatic carboxylic acids is 1. The lowest BCUT2D eigenvalue weighted by Crippen LogP contribution is -2.36. The highest BCUT2D eigenvalue weighted by molar-refractivity contribution is 7.53. The molecule has 0 radical (unpaired) electrons. The normalized spacial score (nSPS) is 26.0. The zero-order valence-corrected chi connectivity index (χ0v) is 16.2. The molecule has 5 atom stereocenters. The van der Waals surface area contributed by atoms with Crippen LogP contribution in [0.15, 0.2) is 6.33 Å². The van der Waals surface area contributed by atoms with Crippen LogP contribution >= 0.6 is 19.2 Å². The summed E-state index contributed by atoms with van der Waals surface area (Å²) in [5.74, 6) is -4.26. The molecule has 1 saturated heterocycles. The van der Waals surface area contributed by atoms with Gasteiger partial charge in [-0.25, -0.2) is 9.78 Å². The van der Waals surface area contributed by atoms with E-state index in [9.17, 15) is 19.6 Å². The Morgan fingerprint density at radius 2 is 2.07 bits per heavy atom. The molecule has 3 heterocycles. The molecular weight excluding hydrogens is 439 g/mol. The third kappa shape index (κ3) is 4.20. The minimum atomic E-state index is -5.12. The second-order valence-corrected chi connectivity index (χ2v) is 7.97. The molecule has 2 aromatic rings. The molecule has 0 aromatic carbocycles. The summed E-state index contributed by atoms with van der Waals surface area (Å²) in [4.78, 5) is 40.9. The number of aromatic nitrogens is 4. The van der Waals surface area contributed by atoms with Crippen molar-refractivity contribution in [3.8, 4) is 5.88 Å². The van der Waals surface area contributed by atoms with Crippen molar-refractivity contribution >= 4 is 36.3 Å². The molecule has 1 unspecified atom stereocenters. The van der Waals surface area contributed by atoms with Gasteiger partial charge in [-0.1, -0.05) is 0 Å². The van der Waals surface area contributed by atoms with E-state index in [1.54, 1.807) is 0 Å². The van der Waals surface area contributed by atoms with Gasteiger partial charge >= 0.3 is 13.6 Å². The summed E-state index contributed by atoms with van der Waals surface area (Å²) in [6.45, 7) is -0.720. The second-order valence-electron chi connectivity index (χ2n) is 5.99. The number of nitrogens with zero attached hydrogens (tertiary/aromatic N) is 4. The molecule has 0 spiro atoms. The number of methoxy groups -OCH3 is 1. The van der Waals surface area contributed by atoms with Crippen molar-refractivity contribution in [2.75, 3.05) is 13.7 Å². The van der Waals surface area contributed by atoms with Crippen LogP contribution < -0.4 is 4.74 Å². The van der Waals surface area contributed by atoms with Crippen LogP contribution in [0.4, 0.5) is 0 Å². The monoisotopic (exact) mass is 454 g/mol. The molecule has 160 valence electrons. The summed E-state index contributed by atoms with van der Waals surface area (Å²) >= 11 is 5.84. The van der Waals surface area contributed by atoms with Crippen LogP contribution in [0.25, 0.3) is 11.2 Å². The molecule has 2 aromatic heterocycles. The highest BCUT2D eigenvalue weighted by atomic mass is 35.5. The number of aliphatic hydroxyl groups excluding tert-OH is 2. The van der Waals surface area contributed by atoms with Crippen molar-refractivity contribution in [1.29, 1.82) is 0 Å². The maximum atomic E-state index is 11.2. The van der Waals surface area contributed by atoms with E-state index in [1.165, 1.54) is 18.0 Å². The first-order chi connectivity index (χ1) is 13.5. The van der Waals surface area contributed by atoms with Crippen LogP contribution in [0.2, 0.25) is 5.28 Å². The summed E-state index contributed by atoms with van der Waals surface area (Å²) in [5.41, 5.74) is 0.327. The number of rotatable bonds is 7. The molecule has 0 saturated carbocycles. The Hall–Kier alpha value is -1.90. The van der Waals surface area contributed by atoms with E-state index in [0.29, 0.717) is 0 Å². The van der Waals surface area contributed by atoms with Gasteiger partial charge in [0.05, 0.1) is 20.0 Å². The van der Waals surface area contributed by atoms with Crippen LogP contribution in [0.5, 0.6) is 5.88 Å². The molecule has 16 heteroatoms. The molecule has 29 heavy (non-hydrogen) atoms. The lowest BCUT2D eigenvalue weighted by Gasteiger charge is -2.19. The standard InChI is InChI=1S/C13H16ClN4O10P/c1-26-9-5-8(16-13(14)17-9)18(3-15-5)10-7(20)6(19)4(28-10)2-27-12(11(21)22)29(23,24)25/h3-4,6-7,10,12,19-20H,2H2,1H3,(H,21,22)(H2,23,24,25)/t4-,6+,7-,10-,12?/m1/s1. The van der Waals surface area contributed by atoms with E-state index < -0.39 is 50.6 Å². The van der Waals surface area contributed by atoms with E-state index in [4.69, 9.17) is 40.7 Å². The molecule has 1 aliphatic heterocycles. The van der Waals surface area contributed by atoms with Gasteiger partial charge in [-0.15, -0.1) is 0 Å².